The number of alkyl halides is 3. The molecule has 0 saturated heterocycles. The fraction of sp³-hybridized carbons (Fsp3) is 0.538. The first kappa shape index (κ1) is 17.0. The van der Waals surface area contributed by atoms with Gasteiger partial charge in [-0.25, -0.2) is 4.79 Å². The van der Waals surface area contributed by atoms with E-state index in [1.54, 1.807) is 0 Å². The van der Waals surface area contributed by atoms with Crippen molar-refractivity contribution in [2.75, 3.05) is 0 Å². The van der Waals surface area contributed by atoms with E-state index < -0.39 is 12.1 Å². The number of nitrogens with zero attached hydrogens (tertiary/aromatic N) is 2. The van der Waals surface area contributed by atoms with E-state index in [1.165, 1.54) is 6.42 Å². The first-order valence-electron chi connectivity index (χ1n) is 6.35. The van der Waals surface area contributed by atoms with Crippen LogP contribution in [0.15, 0.2) is 18.3 Å². The smallest absolute Gasteiger partial charge is 0.475 e. The van der Waals surface area contributed by atoms with Crippen LogP contribution in [0.1, 0.15) is 25.0 Å². The molecule has 21 heavy (non-hydrogen) atoms. The van der Waals surface area contributed by atoms with Gasteiger partial charge in [0.1, 0.15) is 11.8 Å². The minimum absolute atomic E-state index is 0.376. The van der Waals surface area contributed by atoms with E-state index in [-0.39, 0.29) is 0 Å². The molecule has 1 fully saturated rings. The van der Waals surface area contributed by atoms with Crippen LogP contribution >= 0.6 is 0 Å². The summed E-state index contributed by atoms with van der Waals surface area (Å²) in [6.07, 6.45) is 0.323. The molecule has 1 aliphatic rings. The lowest BCUT2D eigenvalue weighted by molar-refractivity contribution is -0.192. The van der Waals surface area contributed by atoms with Crippen molar-refractivity contribution >= 4 is 5.97 Å². The predicted molar refractivity (Wildman–Crippen MR) is 68.2 cm³/mol. The first-order valence-corrected chi connectivity index (χ1v) is 6.35. The Morgan fingerprint density at radius 1 is 1.52 bits per heavy atom. The summed E-state index contributed by atoms with van der Waals surface area (Å²) in [6, 6.07) is 6.35. The molecule has 2 atom stereocenters. The number of rotatable bonds is 2. The summed E-state index contributed by atoms with van der Waals surface area (Å²) in [4.78, 5) is 8.90. The molecule has 0 aromatic carbocycles. The largest absolute Gasteiger partial charge is 0.490 e. The Balaban J connectivity index is 0.000000270. The fourth-order valence-electron chi connectivity index (χ4n) is 2.23. The molecule has 2 unspecified atom stereocenters. The van der Waals surface area contributed by atoms with Crippen molar-refractivity contribution < 1.29 is 23.1 Å². The lowest BCUT2D eigenvalue weighted by Crippen LogP contribution is -2.21. The Morgan fingerprint density at radius 2 is 2.14 bits per heavy atom. The molecule has 1 heterocycles. The van der Waals surface area contributed by atoms with Gasteiger partial charge in [0.2, 0.25) is 0 Å². The highest BCUT2D eigenvalue weighted by atomic mass is 19.4. The zero-order chi connectivity index (χ0) is 16.0. The Morgan fingerprint density at radius 3 is 2.57 bits per heavy atom. The number of hydrogen-bond acceptors (Lipinski definition) is 3. The maximum atomic E-state index is 10.6. The molecular weight excluding hydrogens is 287 g/mol. The molecule has 2 rings (SSSR count). The van der Waals surface area contributed by atoms with Crippen LogP contribution in [0.5, 0.6) is 0 Å². The van der Waals surface area contributed by atoms with E-state index in [0.29, 0.717) is 12.0 Å². The molecule has 3 N–H and O–H groups in total. The van der Waals surface area contributed by atoms with Crippen LogP contribution in [0.25, 0.3) is 0 Å². The van der Waals surface area contributed by atoms with Gasteiger partial charge in [0.05, 0.1) is 0 Å². The zero-order valence-corrected chi connectivity index (χ0v) is 11.2. The number of hydrogen-bond donors (Lipinski definition) is 2. The highest BCUT2D eigenvalue weighted by Crippen LogP contribution is 2.26. The molecular formula is C13H16F3N3O2. The Labute approximate surface area is 119 Å². The van der Waals surface area contributed by atoms with Gasteiger partial charge in [0.25, 0.3) is 0 Å². The maximum Gasteiger partial charge on any atom is 0.490 e. The highest BCUT2D eigenvalue weighted by Gasteiger charge is 2.38. The minimum atomic E-state index is -5.08. The number of carboxylic acids is 1. The second-order valence-corrected chi connectivity index (χ2v) is 4.90. The summed E-state index contributed by atoms with van der Waals surface area (Å²) >= 11 is 0. The molecule has 0 amide bonds. The monoisotopic (exact) mass is 303 g/mol. The van der Waals surface area contributed by atoms with Crippen LogP contribution in [0.3, 0.4) is 0 Å². The van der Waals surface area contributed by atoms with Crippen LogP contribution in [0.4, 0.5) is 13.2 Å². The number of aliphatic carboxylic acids is 1. The van der Waals surface area contributed by atoms with Gasteiger partial charge in [0.15, 0.2) is 0 Å². The Kier molecular flexibility index (Phi) is 5.79. The van der Waals surface area contributed by atoms with Gasteiger partial charge in [0, 0.05) is 18.8 Å². The van der Waals surface area contributed by atoms with Crippen LogP contribution in [-0.4, -0.2) is 27.9 Å². The number of carboxylic acid groups (broad SMARTS) is 1. The summed E-state index contributed by atoms with van der Waals surface area (Å²) < 4.78 is 33.8. The molecule has 1 aliphatic carbocycles. The summed E-state index contributed by atoms with van der Waals surface area (Å²) in [5, 5.41) is 16.0. The maximum absolute atomic E-state index is 10.6. The number of halogens is 3. The van der Waals surface area contributed by atoms with Crippen LogP contribution in [0.2, 0.25) is 0 Å². The Hall–Kier alpha value is -2.01. The second kappa shape index (κ2) is 7.13. The fourth-order valence-corrected chi connectivity index (χ4v) is 2.23. The topological polar surface area (TPSA) is 92.0 Å². The second-order valence-electron chi connectivity index (χ2n) is 4.90. The first-order chi connectivity index (χ1) is 9.74. The van der Waals surface area contributed by atoms with Crippen molar-refractivity contribution in [2.45, 2.75) is 38.0 Å². The van der Waals surface area contributed by atoms with Crippen LogP contribution < -0.4 is 5.73 Å². The average Bonchev–Trinajstić information content (AvgIpc) is 2.98. The number of nitriles is 1. The lowest BCUT2D eigenvalue weighted by Gasteiger charge is -2.11. The summed E-state index contributed by atoms with van der Waals surface area (Å²) in [7, 11) is 0. The predicted octanol–water partition coefficient (Wildman–Crippen LogP) is 2.12. The van der Waals surface area contributed by atoms with Gasteiger partial charge in [-0.2, -0.15) is 18.4 Å². The van der Waals surface area contributed by atoms with Crippen LogP contribution in [0, 0.1) is 17.2 Å². The molecule has 0 radical (unpaired) electrons. The van der Waals surface area contributed by atoms with Gasteiger partial charge in [-0.3, -0.25) is 0 Å². The van der Waals surface area contributed by atoms with Crippen molar-refractivity contribution in [1.29, 1.82) is 5.26 Å². The third-order valence-electron chi connectivity index (χ3n) is 3.22. The van der Waals surface area contributed by atoms with Crippen molar-refractivity contribution in [2.24, 2.45) is 11.7 Å². The summed E-state index contributed by atoms with van der Waals surface area (Å²) in [5.74, 6) is -2.10. The van der Waals surface area contributed by atoms with E-state index in [1.807, 2.05) is 22.9 Å². The molecule has 0 spiro atoms. The van der Waals surface area contributed by atoms with Crippen LogP contribution in [-0.2, 0) is 11.3 Å². The number of aromatic nitrogens is 1. The lowest BCUT2D eigenvalue weighted by atomic mass is 10.1. The third kappa shape index (κ3) is 5.47. The average molecular weight is 303 g/mol. The molecule has 116 valence electrons. The zero-order valence-electron chi connectivity index (χ0n) is 11.2. The summed E-state index contributed by atoms with van der Waals surface area (Å²) in [5.41, 5.74) is 6.61. The molecule has 0 aliphatic heterocycles. The molecule has 8 heteroatoms. The highest BCUT2D eigenvalue weighted by molar-refractivity contribution is 5.73. The quantitative estimate of drug-likeness (QED) is 0.875. The standard InChI is InChI=1S/C11H15N3.C2HF3O2/c12-7-11-2-1-5-14(11)8-9-3-4-10(13)6-9;3-2(4,5)1(6)7/h1-2,5,9-10H,3-4,6,8,13H2;(H,6,7). The van der Waals surface area contributed by atoms with E-state index in [2.05, 4.69) is 6.07 Å². The molecule has 1 aromatic rings. The van der Waals surface area contributed by atoms with Crippen molar-refractivity contribution in [3.63, 3.8) is 0 Å². The third-order valence-corrected chi connectivity index (χ3v) is 3.22. The molecule has 0 bridgehead atoms. The van der Waals surface area contributed by atoms with Crippen molar-refractivity contribution in [3.8, 4) is 6.07 Å². The normalized spacial score (nSPS) is 21.3. The molecule has 5 nitrogen and oxygen atoms in total. The van der Waals surface area contributed by atoms with Gasteiger partial charge >= 0.3 is 12.1 Å². The summed E-state index contributed by atoms with van der Waals surface area (Å²) in [6.45, 7) is 0.948. The van der Waals surface area contributed by atoms with Gasteiger partial charge in [-0.05, 0) is 37.3 Å². The van der Waals surface area contributed by atoms with Gasteiger partial charge in [-0.1, -0.05) is 0 Å². The minimum Gasteiger partial charge on any atom is -0.475 e. The van der Waals surface area contributed by atoms with E-state index in [0.717, 1.165) is 25.1 Å². The number of nitrogens with two attached hydrogens (primary N) is 1. The number of carbonyl (C=O) groups is 1. The van der Waals surface area contributed by atoms with E-state index in [9.17, 15) is 13.2 Å². The van der Waals surface area contributed by atoms with E-state index >= 15 is 0 Å². The Bertz CT molecular complexity index is 519. The molecule has 1 saturated carbocycles. The molecule has 1 aromatic heterocycles. The van der Waals surface area contributed by atoms with Crippen molar-refractivity contribution in [3.05, 3.63) is 24.0 Å². The van der Waals surface area contributed by atoms with Crippen molar-refractivity contribution in [1.82, 2.24) is 4.57 Å². The SMILES string of the molecule is N#Cc1cccn1CC1CCC(N)C1.O=C(O)C(F)(F)F. The van der Waals surface area contributed by atoms with Gasteiger partial charge in [-0.15, -0.1) is 0 Å². The van der Waals surface area contributed by atoms with E-state index in [4.69, 9.17) is 20.9 Å². The van der Waals surface area contributed by atoms with Gasteiger partial charge < -0.3 is 15.4 Å².